The number of carboxylic acid groups (broad SMARTS) is 2. The molecule has 15 nitrogen and oxygen atoms in total. The number of H-pyrrole nitrogens is 2. The van der Waals surface area contributed by atoms with Crippen molar-refractivity contribution >= 4 is 29.7 Å². The van der Waals surface area contributed by atoms with Crippen LogP contribution in [-0.4, -0.2) is 84.0 Å². The molecule has 0 aliphatic rings. The summed E-state index contributed by atoms with van der Waals surface area (Å²) in [5.41, 5.74) is 7.64. The van der Waals surface area contributed by atoms with E-state index in [1.165, 1.54) is 25.0 Å². The molecule has 0 spiro atoms. The fraction of sp³-hybridized carbons (Fsp3) is 0.320. The highest BCUT2D eigenvalue weighted by Crippen LogP contribution is 2.06. The summed E-state index contributed by atoms with van der Waals surface area (Å²) in [5.74, 6) is -5.28. The van der Waals surface area contributed by atoms with Crippen LogP contribution in [0, 0.1) is 0 Å². The lowest BCUT2D eigenvalue weighted by molar-refractivity contribution is -0.143. The minimum absolute atomic E-state index is 0.108. The molecule has 0 aliphatic heterocycles. The second-order valence-electron chi connectivity index (χ2n) is 8.98. The third-order valence-corrected chi connectivity index (χ3v) is 5.85. The SMILES string of the molecule is NC(Cc1ccccc1)C(=O)NC(CC(=O)O)C(=O)NC(Cc1cnc[nH]1)C(=O)NC(Cc1cnc[nH]1)C(=O)O. The van der Waals surface area contributed by atoms with Gasteiger partial charge in [0.25, 0.3) is 0 Å². The first-order chi connectivity index (χ1) is 19.1. The molecule has 3 aromatic rings. The van der Waals surface area contributed by atoms with E-state index in [1.807, 2.05) is 0 Å². The molecule has 0 radical (unpaired) electrons. The summed E-state index contributed by atoms with van der Waals surface area (Å²) in [4.78, 5) is 75.5. The van der Waals surface area contributed by atoms with E-state index < -0.39 is 60.2 Å². The molecular formula is C25H30N8O7. The minimum Gasteiger partial charge on any atom is -0.481 e. The lowest BCUT2D eigenvalue weighted by Crippen LogP contribution is -2.58. The minimum atomic E-state index is -1.57. The van der Waals surface area contributed by atoms with Gasteiger partial charge in [0.1, 0.15) is 18.1 Å². The highest BCUT2D eigenvalue weighted by atomic mass is 16.4. The third-order valence-electron chi connectivity index (χ3n) is 5.85. The Morgan fingerprint density at radius 3 is 1.80 bits per heavy atom. The predicted molar refractivity (Wildman–Crippen MR) is 138 cm³/mol. The Morgan fingerprint density at radius 2 is 1.27 bits per heavy atom. The number of carboxylic acids is 2. The van der Waals surface area contributed by atoms with E-state index in [0.717, 1.165) is 5.56 Å². The fourth-order valence-corrected chi connectivity index (χ4v) is 3.81. The summed E-state index contributed by atoms with van der Waals surface area (Å²) >= 11 is 0. The monoisotopic (exact) mass is 554 g/mol. The number of carbonyl (C=O) groups excluding carboxylic acids is 3. The number of aliphatic carboxylic acids is 2. The molecule has 2 heterocycles. The number of benzene rings is 1. The Kier molecular flexibility index (Phi) is 10.5. The zero-order valence-corrected chi connectivity index (χ0v) is 21.2. The molecule has 4 unspecified atom stereocenters. The van der Waals surface area contributed by atoms with Crippen LogP contribution in [0.5, 0.6) is 0 Å². The number of aromatic nitrogens is 4. The van der Waals surface area contributed by atoms with E-state index in [4.69, 9.17) is 5.73 Å². The summed E-state index contributed by atoms with van der Waals surface area (Å²) in [6, 6.07) is 3.54. The molecule has 9 N–H and O–H groups in total. The Hall–Kier alpha value is -5.05. The first-order valence-corrected chi connectivity index (χ1v) is 12.2. The molecule has 0 aliphatic carbocycles. The second-order valence-corrected chi connectivity index (χ2v) is 8.98. The van der Waals surface area contributed by atoms with E-state index >= 15 is 0 Å². The molecule has 1 aromatic carbocycles. The molecule has 0 saturated carbocycles. The van der Waals surface area contributed by atoms with Gasteiger partial charge >= 0.3 is 11.9 Å². The van der Waals surface area contributed by atoms with Gasteiger partial charge < -0.3 is 41.9 Å². The summed E-state index contributed by atoms with van der Waals surface area (Å²) in [6.45, 7) is 0. The Bertz CT molecular complexity index is 1280. The zero-order valence-electron chi connectivity index (χ0n) is 21.2. The van der Waals surface area contributed by atoms with E-state index in [1.54, 1.807) is 30.3 Å². The molecule has 2 aromatic heterocycles. The molecule has 3 amide bonds. The van der Waals surface area contributed by atoms with E-state index in [2.05, 4.69) is 35.9 Å². The standard InChI is InChI=1S/C25H30N8O7/c26-17(6-14-4-2-1-3-5-14)22(36)31-19(9-21(34)35)24(38)32-18(7-15-10-27-12-29-15)23(37)33-20(25(39)40)8-16-11-28-13-30-16/h1-5,10-13,17-20H,6-9,26H2,(H,27,29)(H,28,30)(H,31,36)(H,32,38)(H,33,37)(H,34,35)(H,39,40). The van der Waals surface area contributed by atoms with Crippen LogP contribution in [0.4, 0.5) is 0 Å². The lowest BCUT2D eigenvalue weighted by atomic mass is 10.0. The third kappa shape index (κ3) is 9.05. The van der Waals surface area contributed by atoms with Crippen molar-refractivity contribution in [3.63, 3.8) is 0 Å². The van der Waals surface area contributed by atoms with Gasteiger partial charge in [0, 0.05) is 36.6 Å². The number of nitrogens with one attached hydrogen (secondary N) is 5. The highest BCUT2D eigenvalue weighted by molar-refractivity contribution is 5.95. The molecule has 0 bridgehead atoms. The maximum Gasteiger partial charge on any atom is 0.326 e. The molecule has 15 heteroatoms. The van der Waals surface area contributed by atoms with E-state index in [-0.39, 0.29) is 19.3 Å². The lowest BCUT2D eigenvalue weighted by Gasteiger charge is -2.24. The maximum absolute atomic E-state index is 13.2. The summed E-state index contributed by atoms with van der Waals surface area (Å²) in [7, 11) is 0. The normalized spacial score (nSPS) is 13.8. The Labute approximate surface area is 228 Å². The number of carbonyl (C=O) groups is 5. The molecule has 3 rings (SSSR count). The number of rotatable bonds is 15. The van der Waals surface area contributed by atoms with Gasteiger partial charge in [-0.25, -0.2) is 14.8 Å². The fourth-order valence-electron chi connectivity index (χ4n) is 3.81. The molecule has 212 valence electrons. The van der Waals surface area contributed by atoms with Gasteiger partial charge in [-0.15, -0.1) is 0 Å². The van der Waals surface area contributed by atoms with Crippen LogP contribution in [0.1, 0.15) is 23.4 Å². The van der Waals surface area contributed by atoms with Crippen molar-refractivity contribution in [1.82, 2.24) is 35.9 Å². The van der Waals surface area contributed by atoms with Crippen LogP contribution in [0.2, 0.25) is 0 Å². The van der Waals surface area contributed by atoms with Gasteiger partial charge in [-0.2, -0.15) is 0 Å². The van der Waals surface area contributed by atoms with Gasteiger partial charge in [0.05, 0.1) is 25.1 Å². The molecular weight excluding hydrogens is 524 g/mol. The van der Waals surface area contributed by atoms with Crippen molar-refractivity contribution < 1.29 is 34.2 Å². The smallest absolute Gasteiger partial charge is 0.326 e. The van der Waals surface area contributed by atoms with Gasteiger partial charge in [-0.1, -0.05) is 30.3 Å². The molecule has 0 fully saturated rings. The second kappa shape index (κ2) is 14.2. The van der Waals surface area contributed by atoms with Crippen molar-refractivity contribution in [3.8, 4) is 0 Å². The first kappa shape index (κ1) is 29.5. The van der Waals surface area contributed by atoms with Gasteiger partial charge in [-0.05, 0) is 12.0 Å². The first-order valence-electron chi connectivity index (χ1n) is 12.2. The number of nitrogens with two attached hydrogens (primary N) is 1. The van der Waals surface area contributed by atoms with Crippen LogP contribution in [0.3, 0.4) is 0 Å². The van der Waals surface area contributed by atoms with Crippen LogP contribution in [-0.2, 0) is 43.2 Å². The number of hydrogen-bond acceptors (Lipinski definition) is 8. The Morgan fingerprint density at radius 1 is 0.750 bits per heavy atom. The summed E-state index contributed by atoms with van der Waals surface area (Å²) < 4.78 is 0. The molecule has 4 atom stereocenters. The number of hydrogen-bond donors (Lipinski definition) is 8. The van der Waals surface area contributed by atoms with Gasteiger partial charge in [-0.3, -0.25) is 19.2 Å². The summed E-state index contributed by atoms with van der Waals surface area (Å²) in [5, 5.41) is 26.1. The average molecular weight is 555 g/mol. The number of nitrogens with zero attached hydrogens (tertiary/aromatic N) is 2. The Balaban J connectivity index is 1.73. The average Bonchev–Trinajstić information content (AvgIpc) is 3.62. The van der Waals surface area contributed by atoms with E-state index in [9.17, 15) is 34.2 Å². The largest absolute Gasteiger partial charge is 0.481 e. The van der Waals surface area contributed by atoms with Crippen molar-refractivity contribution in [3.05, 3.63) is 72.3 Å². The van der Waals surface area contributed by atoms with Crippen LogP contribution >= 0.6 is 0 Å². The summed E-state index contributed by atoms with van der Waals surface area (Å²) in [6.07, 6.45) is 4.65. The number of aromatic amines is 2. The van der Waals surface area contributed by atoms with Crippen LogP contribution in [0.15, 0.2) is 55.4 Å². The number of amides is 3. The molecule has 0 saturated heterocycles. The highest BCUT2D eigenvalue weighted by Gasteiger charge is 2.32. The van der Waals surface area contributed by atoms with Crippen molar-refractivity contribution in [2.24, 2.45) is 5.73 Å². The topological polar surface area (TPSA) is 245 Å². The van der Waals surface area contributed by atoms with Crippen LogP contribution < -0.4 is 21.7 Å². The zero-order chi connectivity index (χ0) is 29.1. The van der Waals surface area contributed by atoms with Crippen molar-refractivity contribution in [2.75, 3.05) is 0 Å². The van der Waals surface area contributed by atoms with Crippen LogP contribution in [0.25, 0.3) is 0 Å². The molecule has 40 heavy (non-hydrogen) atoms. The number of imidazole rings is 2. The maximum atomic E-state index is 13.2. The van der Waals surface area contributed by atoms with Crippen molar-refractivity contribution in [1.29, 1.82) is 0 Å². The van der Waals surface area contributed by atoms with E-state index in [0.29, 0.717) is 11.4 Å². The van der Waals surface area contributed by atoms with Crippen molar-refractivity contribution in [2.45, 2.75) is 49.9 Å². The van der Waals surface area contributed by atoms with Gasteiger partial charge in [0.15, 0.2) is 0 Å². The van der Waals surface area contributed by atoms with Gasteiger partial charge in [0.2, 0.25) is 17.7 Å². The predicted octanol–water partition coefficient (Wildman–Crippen LogP) is -1.50. The quantitative estimate of drug-likeness (QED) is 0.108.